The van der Waals surface area contributed by atoms with Crippen LogP contribution in [0.25, 0.3) is 0 Å². The molecule has 1 nitrogen and oxygen atoms in total. The molecular weight excluding hydrogens is 199 g/mol. The van der Waals surface area contributed by atoms with Crippen LogP contribution in [0.4, 0.5) is 27.1 Å². The average Bonchev–Trinajstić information content (AvgIpc) is 1.90. The second-order valence-electron chi connectivity index (χ2n) is 1.27. The smallest absolute Gasteiger partial charge is 0.269 e. The van der Waals surface area contributed by atoms with Gasteiger partial charge < -0.3 is 0 Å². The van der Waals surface area contributed by atoms with Gasteiger partial charge in [-0.15, -0.1) is 0 Å². The van der Waals surface area contributed by atoms with Crippen molar-refractivity contribution in [3.63, 3.8) is 0 Å². The van der Waals surface area contributed by atoms with E-state index in [1.54, 1.807) is 12.4 Å². The molecule has 8 heteroatoms. The molecule has 0 spiro atoms. The van der Waals surface area contributed by atoms with Crippen LogP contribution < -0.4 is 0 Å². The summed E-state index contributed by atoms with van der Waals surface area (Å²) in [6, 6.07) is 5.72. The predicted octanol–water partition coefficient (Wildman–Crippen LogP) is 2.42. The van der Waals surface area contributed by atoms with Gasteiger partial charge in [0.05, 0.1) is 0 Å². The molecule has 78 valence electrons. The lowest BCUT2D eigenvalue weighted by molar-refractivity contribution is 0.535. The summed E-state index contributed by atoms with van der Waals surface area (Å²) in [5.41, 5.74) is 0. The normalized spacial score (nSPS) is 5.77. The summed E-state index contributed by atoms with van der Waals surface area (Å²) in [5.74, 6) is 0. The largest absolute Gasteiger partial charge is 0.762 e. The highest BCUT2D eigenvalue weighted by Gasteiger charge is 2.06. The molecule has 13 heavy (non-hydrogen) atoms. The Morgan fingerprint density at radius 2 is 1.08 bits per heavy atom. The van der Waals surface area contributed by atoms with E-state index in [0.717, 1.165) is 0 Å². The Morgan fingerprint density at radius 3 is 1.15 bits per heavy atom. The van der Waals surface area contributed by atoms with Crippen molar-refractivity contribution in [2.75, 3.05) is 0 Å². The maximum atomic E-state index is 9.67. The monoisotopic (exact) mass is 207 g/mol. The zero-order chi connectivity index (χ0) is 7.82. The van der Waals surface area contributed by atoms with Gasteiger partial charge in [0.2, 0.25) is 0 Å². The molecule has 1 rings (SSSR count). The summed E-state index contributed by atoms with van der Waals surface area (Å²) in [5, 5.41) is 0. The van der Waals surface area contributed by atoms with E-state index in [-0.39, 0.29) is 14.1 Å². The van der Waals surface area contributed by atoms with Crippen molar-refractivity contribution in [1.29, 1.82) is 0 Å². The van der Waals surface area contributed by atoms with Gasteiger partial charge in [-0.2, -0.15) is 0 Å². The molecule has 1 heterocycles. The molecule has 0 saturated carbocycles. The van der Waals surface area contributed by atoms with Gasteiger partial charge in [-0.1, -0.05) is 6.07 Å². The van der Waals surface area contributed by atoms with E-state index < -0.39 is 7.54 Å². The highest BCUT2D eigenvalue weighted by molar-refractivity contribution is 6.33. The predicted molar refractivity (Wildman–Crippen MR) is 40.8 cm³/mol. The molecule has 0 aliphatic rings. The molecule has 0 aliphatic carbocycles. The third kappa shape index (κ3) is 36.3. The topological polar surface area (TPSA) is 12.9 Å². The van der Waals surface area contributed by atoms with Crippen molar-refractivity contribution >= 4 is 7.54 Å². The first-order chi connectivity index (χ1) is 4.73. The Morgan fingerprint density at radius 1 is 0.769 bits per heavy atom. The van der Waals surface area contributed by atoms with E-state index in [0.29, 0.717) is 0 Å². The molecule has 0 unspecified atom stereocenters. The summed E-state index contributed by atoms with van der Waals surface area (Å²) < 4.78 is 29.0. The Labute approximate surface area is 71.3 Å². The fraction of sp³-hybridized carbons (Fsp3) is 0. The quantitative estimate of drug-likeness (QED) is 0.470. The summed E-state index contributed by atoms with van der Waals surface area (Å²) in [4.78, 5) is 3.78. The first kappa shape index (κ1) is 22.6. The van der Waals surface area contributed by atoms with Gasteiger partial charge in [0, 0.05) is 12.4 Å². The minimum atomic E-state index is -3.67. The minimum absolute atomic E-state index is 0. The second kappa shape index (κ2) is 17.0. The molecule has 0 saturated heterocycles. The van der Waals surface area contributed by atoms with Crippen molar-refractivity contribution < 1.29 is 27.1 Å². The molecule has 0 atom stereocenters. The number of halogens is 6. The number of aromatic nitrogens is 1. The maximum Gasteiger partial charge on any atom is 0.762 e. The van der Waals surface area contributed by atoms with E-state index in [9.17, 15) is 12.9 Å². The van der Waals surface area contributed by atoms with Crippen LogP contribution in [0.3, 0.4) is 0 Å². The highest BCUT2D eigenvalue weighted by atomic mass is 19.4. The number of rotatable bonds is 0. The first-order valence-electron chi connectivity index (χ1n) is 2.50. The van der Waals surface area contributed by atoms with Crippen LogP contribution in [-0.4, -0.2) is 12.5 Å². The summed E-state index contributed by atoms with van der Waals surface area (Å²) >= 11 is 0. The van der Waals surface area contributed by atoms with Crippen molar-refractivity contribution in [2.45, 2.75) is 0 Å². The van der Waals surface area contributed by atoms with Crippen LogP contribution in [-0.2, 0) is 0 Å². The van der Waals surface area contributed by atoms with E-state index in [2.05, 4.69) is 4.98 Å². The van der Waals surface area contributed by atoms with Crippen LogP contribution in [0.5, 0.6) is 0 Å². The van der Waals surface area contributed by atoms with Crippen LogP contribution in [0.15, 0.2) is 30.6 Å². The molecule has 0 radical (unpaired) electrons. The van der Waals surface area contributed by atoms with Crippen molar-refractivity contribution in [3.05, 3.63) is 30.6 Å². The molecule has 0 amide bonds. The molecular formula is C5H8BF6N. The summed E-state index contributed by atoms with van der Waals surface area (Å²) in [7, 11) is -3.67. The van der Waals surface area contributed by atoms with Gasteiger partial charge in [-0.05, 0) is 12.1 Å². The van der Waals surface area contributed by atoms with Gasteiger partial charge in [0.25, 0.3) is 0 Å². The Bertz CT molecular complexity index is 121. The van der Waals surface area contributed by atoms with Crippen molar-refractivity contribution in [2.24, 2.45) is 0 Å². The van der Waals surface area contributed by atoms with E-state index in [4.69, 9.17) is 0 Å². The van der Waals surface area contributed by atoms with E-state index in [1.807, 2.05) is 18.2 Å². The lowest BCUT2D eigenvalue weighted by Crippen LogP contribution is -1.76. The Balaban J connectivity index is -0.0000000536. The number of nitrogens with zero attached hydrogens (tertiary/aromatic N) is 1. The van der Waals surface area contributed by atoms with Crippen LogP contribution in [0, 0.1) is 0 Å². The lowest BCUT2D eigenvalue weighted by Gasteiger charge is -1.70. The molecule has 1 aromatic heterocycles. The van der Waals surface area contributed by atoms with E-state index in [1.165, 1.54) is 0 Å². The first-order valence-corrected chi connectivity index (χ1v) is 2.50. The number of pyridine rings is 1. The molecule has 0 N–H and O–H groups in total. The summed E-state index contributed by atoms with van der Waals surface area (Å²) in [6.45, 7) is 0. The number of hydrogen-bond donors (Lipinski definition) is 0. The SMILES string of the molecule is F.F.F.FB(F)F.c1ccncc1. The fourth-order valence-electron chi connectivity index (χ4n) is 0.313. The van der Waals surface area contributed by atoms with Crippen LogP contribution >= 0.6 is 0 Å². The van der Waals surface area contributed by atoms with Crippen molar-refractivity contribution in [3.8, 4) is 0 Å². The van der Waals surface area contributed by atoms with Crippen LogP contribution in [0.1, 0.15) is 0 Å². The fourth-order valence-corrected chi connectivity index (χ4v) is 0.313. The standard InChI is InChI=1S/C5H5N.BF3.3FH/c1-2-4-6-5-3-1;2-1(3)4;;;/h1-5H;;3*1H. The molecule has 1 aromatic rings. The van der Waals surface area contributed by atoms with E-state index >= 15 is 0 Å². The third-order valence-corrected chi connectivity index (χ3v) is 0.566. The lowest BCUT2D eigenvalue weighted by atomic mass is 10.5. The molecule has 0 aliphatic heterocycles. The zero-order valence-electron chi connectivity index (χ0n) is 6.27. The van der Waals surface area contributed by atoms with Gasteiger partial charge in [0.1, 0.15) is 0 Å². The average molecular weight is 207 g/mol. The maximum absolute atomic E-state index is 9.67. The van der Waals surface area contributed by atoms with Crippen LogP contribution in [0.2, 0.25) is 0 Å². The van der Waals surface area contributed by atoms with Gasteiger partial charge in [-0.25, -0.2) is 0 Å². The summed E-state index contributed by atoms with van der Waals surface area (Å²) in [6.07, 6.45) is 3.50. The molecule has 0 fully saturated rings. The van der Waals surface area contributed by atoms with Gasteiger partial charge in [0.15, 0.2) is 0 Å². The number of hydrogen-bond acceptors (Lipinski definition) is 1. The second-order valence-corrected chi connectivity index (χ2v) is 1.27. The Hall–Kier alpha value is -1.21. The molecule has 0 bridgehead atoms. The Kier molecular flexibility index (Phi) is 29.7. The zero-order valence-corrected chi connectivity index (χ0v) is 6.27. The molecule has 0 aromatic carbocycles. The minimum Gasteiger partial charge on any atom is -0.269 e. The van der Waals surface area contributed by atoms with Gasteiger partial charge >= 0.3 is 7.54 Å². The third-order valence-electron chi connectivity index (χ3n) is 0.566. The van der Waals surface area contributed by atoms with Gasteiger partial charge in [-0.3, -0.25) is 32.0 Å². The highest BCUT2D eigenvalue weighted by Crippen LogP contribution is 1.80. The van der Waals surface area contributed by atoms with Crippen molar-refractivity contribution in [1.82, 2.24) is 4.98 Å².